The predicted octanol–water partition coefficient (Wildman–Crippen LogP) is 5.13. The number of benzene rings is 3. The Morgan fingerprint density at radius 1 is 0.704 bits per heavy atom. The molecule has 3 nitrogen and oxygen atoms in total. The Bertz CT molecular complexity index is 977. The van der Waals surface area contributed by atoms with Gasteiger partial charge in [-0.05, 0) is 42.0 Å². The molecule has 0 spiro atoms. The third-order valence-electron chi connectivity index (χ3n) is 4.45. The molecule has 3 heteroatoms. The minimum absolute atomic E-state index is 0.0103. The van der Waals surface area contributed by atoms with Crippen molar-refractivity contribution in [2.75, 3.05) is 10.6 Å². The fourth-order valence-corrected chi connectivity index (χ4v) is 3.12. The van der Waals surface area contributed by atoms with Crippen molar-refractivity contribution in [3.63, 3.8) is 0 Å². The van der Waals surface area contributed by atoms with E-state index in [9.17, 15) is 4.79 Å². The van der Waals surface area contributed by atoms with E-state index in [-0.39, 0.29) is 11.8 Å². The first-order valence-electron chi connectivity index (χ1n) is 8.96. The molecule has 0 aromatic heterocycles. The third-order valence-corrected chi connectivity index (χ3v) is 4.45. The molecule has 0 unspecified atom stereocenters. The number of Topliss-reactive ketones (excluding diaryl/α,β-unsaturated/α-hetero) is 1. The lowest BCUT2D eigenvalue weighted by molar-refractivity contribution is -0.111. The summed E-state index contributed by atoms with van der Waals surface area (Å²) in [5.41, 5.74) is 4.21. The van der Waals surface area contributed by atoms with E-state index in [0.717, 1.165) is 22.5 Å². The molecule has 3 aromatic rings. The van der Waals surface area contributed by atoms with Crippen LogP contribution >= 0.6 is 0 Å². The van der Waals surface area contributed by atoms with Crippen LogP contribution in [0.15, 0.2) is 108 Å². The maximum Gasteiger partial charge on any atom is 0.207 e. The highest BCUT2D eigenvalue weighted by Crippen LogP contribution is 2.27. The molecule has 0 radical (unpaired) electrons. The third kappa shape index (κ3) is 3.98. The molecular weight excluding hydrogens is 332 g/mol. The maximum atomic E-state index is 13.1. The second-order valence-corrected chi connectivity index (χ2v) is 6.40. The van der Waals surface area contributed by atoms with Crippen molar-refractivity contribution in [3.8, 4) is 0 Å². The molecule has 0 bridgehead atoms. The van der Waals surface area contributed by atoms with Crippen LogP contribution in [-0.2, 0) is 4.79 Å². The van der Waals surface area contributed by atoms with Crippen molar-refractivity contribution in [1.82, 2.24) is 0 Å². The second kappa shape index (κ2) is 7.75. The van der Waals surface area contributed by atoms with Gasteiger partial charge in [-0.3, -0.25) is 4.79 Å². The molecule has 0 saturated heterocycles. The summed E-state index contributed by atoms with van der Waals surface area (Å²) >= 11 is 0. The fourth-order valence-electron chi connectivity index (χ4n) is 3.12. The predicted molar refractivity (Wildman–Crippen MR) is 111 cm³/mol. The average Bonchev–Trinajstić information content (AvgIpc) is 2.99. The first-order chi connectivity index (χ1) is 13.3. The summed E-state index contributed by atoms with van der Waals surface area (Å²) in [7, 11) is 0. The summed E-state index contributed by atoms with van der Waals surface area (Å²) < 4.78 is 0. The Kier molecular flexibility index (Phi) is 4.84. The van der Waals surface area contributed by atoms with E-state index < -0.39 is 0 Å². The van der Waals surface area contributed by atoms with Crippen LogP contribution in [0.3, 0.4) is 0 Å². The van der Waals surface area contributed by atoms with Crippen molar-refractivity contribution >= 4 is 23.2 Å². The van der Waals surface area contributed by atoms with Crippen molar-refractivity contribution in [1.29, 1.82) is 0 Å². The number of anilines is 2. The van der Waals surface area contributed by atoms with Crippen LogP contribution in [-0.4, -0.2) is 11.8 Å². The zero-order valence-electron chi connectivity index (χ0n) is 14.8. The van der Waals surface area contributed by atoms with E-state index in [0.29, 0.717) is 5.70 Å². The van der Waals surface area contributed by atoms with Gasteiger partial charge in [0.15, 0.2) is 0 Å². The molecule has 0 aliphatic heterocycles. The second-order valence-electron chi connectivity index (χ2n) is 6.40. The highest BCUT2D eigenvalue weighted by Gasteiger charge is 2.30. The number of para-hydroxylation sites is 2. The standard InChI is InChI=1S/C24H20N2O/c27-24-21(16-18-10-4-1-5-11-18)22(25-19-12-6-2-7-13-19)17-23(24)26-20-14-8-3-9-15-20/h1-17,22,25-26H/b21-16+/t22-/m0/s1. The maximum absolute atomic E-state index is 13.1. The first-order valence-corrected chi connectivity index (χ1v) is 8.96. The van der Waals surface area contributed by atoms with Gasteiger partial charge in [0.25, 0.3) is 0 Å². The minimum Gasteiger partial charge on any atom is -0.374 e. The van der Waals surface area contributed by atoms with Gasteiger partial charge in [-0.2, -0.15) is 0 Å². The SMILES string of the molecule is O=C1C(Nc2ccccc2)=C[C@H](Nc2ccccc2)/C1=C\c1ccccc1. The Morgan fingerprint density at radius 2 is 1.26 bits per heavy atom. The summed E-state index contributed by atoms with van der Waals surface area (Å²) in [5, 5.41) is 6.70. The van der Waals surface area contributed by atoms with Crippen LogP contribution in [0.25, 0.3) is 6.08 Å². The number of rotatable bonds is 5. The van der Waals surface area contributed by atoms with Gasteiger partial charge in [0, 0.05) is 16.9 Å². The lowest BCUT2D eigenvalue weighted by Gasteiger charge is -2.14. The highest BCUT2D eigenvalue weighted by molar-refractivity contribution is 6.16. The molecule has 0 heterocycles. The summed E-state index contributed by atoms with van der Waals surface area (Å²) in [5.74, 6) is 0.0103. The minimum atomic E-state index is -0.189. The van der Waals surface area contributed by atoms with Gasteiger partial charge in [-0.25, -0.2) is 0 Å². The molecule has 0 saturated carbocycles. The Morgan fingerprint density at radius 3 is 1.89 bits per heavy atom. The molecule has 0 fully saturated rings. The van der Waals surface area contributed by atoms with E-state index in [1.54, 1.807) is 0 Å². The number of ketones is 1. The molecule has 2 N–H and O–H groups in total. The molecule has 1 aliphatic rings. The highest BCUT2D eigenvalue weighted by atomic mass is 16.1. The van der Waals surface area contributed by atoms with E-state index >= 15 is 0 Å². The van der Waals surface area contributed by atoms with Crippen LogP contribution < -0.4 is 10.6 Å². The monoisotopic (exact) mass is 352 g/mol. The largest absolute Gasteiger partial charge is 0.374 e. The van der Waals surface area contributed by atoms with Crippen molar-refractivity contribution in [2.24, 2.45) is 0 Å². The normalized spacial score (nSPS) is 17.6. The van der Waals surface area contributed by atoms with Crippen LogP contribution in [0, 0.1) is 0 Å². The Labute approximate surface area is 159 Å². The van der Waals surface area contributed by atoms with Crippen LogP contribution in [0.2, 0.25) is 0 Å². The number of carbonyl (C=O) groups excluding carboxylic acids is 1. The van der Waals surface area contributed by atoms with Crippen LogP contribution in [0.5, 0.6) is 0 Å². The van der Waals surface area contributed by atoms with Crippen LogP contribution in [0.1, 0.15) is 5.56 Å². The molecule has 27 heavy (non-hydrogen) atoms. The molecule has 0 amide bonds. The van der Waals surface area contributed by atoms with E-state index in [1.807, 2.05) is 103 Å². The summed E-state index contributed by atoms with van der Waals surface area (Å²) in [4.78, 5) is 13.1. The topological polar surface area (TPSA) is 41.1 Å². The summed E-state index contributed by atoms with van der Waals surface area (Å²) in [6, 6.07) is 29.4. The number of hydrogen-bond acceptors (Lipinski definition) is 3. The summed E-state index contributed by atoms with van der Waals surface area (Å²) in [6.07, 6.45) is 3.91. The van der Waals surface area contributed by atoms with Crippen molar-refractivity contribution < 1.29 is 4.79 Å². The summed E-state index contributed by atoms with van der Waals surface area (Å²) in [6.45, 7) is 0. The van der Waals surface area contributed by atoms with Gasteiger partial charge in [-0.1, -0.05) is 66.7 Å². The molecule has 1 aliphatic carbocycles. The lowest BCUT2D eigenvalue weighted by atomic mass is 10.0. The van der Waals surface area contributed by atoms with Crippen molar-refractivity contribution in [2.45, 2.75) is 6.04 Å². The first kappa shape index (κ1) is 16.9. The smallest absolute Gasteiger partial charge is 0.207 e. The van der Waals surface area contributed by atoms with Crippen LogP contribution in [0.4, 0.5) is 11.4 Å². The Balaban J connectivity index is 1.66. The van der Waals surface area contributed by atoms with E-state index in [1.165, 1.54) is 0 Å². The van der Waals surface area contributed by atoms with Gasteiger partial charge in [0.1, 0.15) is 0 Å². The van der Waals surface area contributed by atoms with E-state index in [2.05, 4.69) is 10.6 Å². The van der Waals surface area contributed by atoms with E-state index in [4.69, 9.17) is 0 Å². The molecule has 3 aromatic carbocycles. The van der Waals surface area contributed by atoms with Gasteiger partial charge < -0.3 is 10.6 Å². The number of allylic oxidation sites excluding steroid dienone is 1. The molecule has 4 rings (SSSR count). The number of carbonyl (C=O) groups is 1. The quantitative estimate of drug-likeness (QED) is 0.626. The number of nitrogens with one attached hydrogen (secondary N) is 2. The Hall–Kier alpha value is -3.59. The fraction of sp³-hybridized carbons (Fsp3) is 0.0417. The zero-order valence-corrected chi connectivity index (χ0v) is 14.8. The number of hydrogen-bond donors (Lipinski definition) is 2. The molecule has 132 valence electrons. The van der Waals surface area contributed by atoms with Gasteiger partial charge >= 0.3 is 0 Å². The van der Waals surface area contributed by atoms with Gasteiger partial charge in [0.2, 0.25) is 5.78 Å². The van der Waals surface area contributed by atoms with Gasteiger partial charge in [-0.15, -0.1) is 0 Å². The van der Waals surface area contributed by atoms with Gasteiger partial charge in [0.05, 0.1) is 11.7 Å². The molecular formula is C24H20N2O. The zero-order chi connectivity index (χ0) is 18.5. The molecule has 1 atom stereocenters. The van der Waals surface area contributed by atoms with Crippen molar-refractivity contribution in [3.05, 3.63) is 114 Å². The lowest BCUT2D eigenvalue weighted by Crippen LogP contribution is -2.19. The average molecular weight is 352 g/mol.